The van der Waals surface area contributed by atoms with Crippen molar-refractivity contribution in [1.29, 1.82) is 0 Å². The highest BCUT2D eigenvalue weighted by atomic mass is 16.5. The van der Waals surface area contributed by atoms with E-state index in [1.807, 2.05) is 54.2 Å². The van der Waals surface area contributed by atoms with Crippen LogP contribution in [0.3, 0.4) is 0 Å². The van der Waals surface area contributed by atoms with E-state index < -0.39 is 0 Å². The van der Waals surface area contributed by atoms with Crippen molar-refractivity contribution in [2.24, 2.45) is 0 Å². The Hall–Kier alpha value is -3.30. The van der Waals surface area contributed by atoms with Gasteiger partial charge in [-0.15, -0.1) is 10.2 Å². The Morgan fingerprint density at radius 2 is 2.03 bits per heavy atom. The predicted molar refractivity (Wildman–Crippen MR) is 107 cm³/mol. The molecule has 30 heavy (non-hydrogen) atoms. The van der Waals surface area contributed by atoms with Gasteiger partial charge in [-0.2, -0.15) is 5.10 Å². The molecule has 3 aromatic heterocycles. The third-order valence-corrected chi connectivity index (χ3v) is 5.12. The van der Waals surface area contributed by atoms with Crippen molar-refractivity contribution in [2.75, 3.05) is 19.7 Å². The molecule has 1 atom stereocenters. The van der Waals surface area contributed by atoms with Gasteiger partial charge >= 0.3 is 0 Å². The van der Waals surface area contributed by atoms with E-state index in [0.29, 0.717) is 36.4 Å². The second-order valence-electron chi connectivity index (χ2n) is 7.29. The highest BCUT2D eigenvalue weighted by Gasteiger charge is 2.25. The molecule has 9 heteroatoms. The Morgan fingerprint density at radius 3 is 2.87 bits per heavy atom. The van der Waals surface area contributed by atoms with Crippen LogP contribution < -0.4 is 0 Å². The third kappa shape index (κ3) is 3.89. The molecule has 0 saturated carbocycles. The second-order valence-corrected chi connectivity index (χ2v) is 7.29. The maximum atomic E-state index is 5.99. The number of aryl methyl sites for hydroxylation is 1. The van der Waals surface area contributed by atoms with Gasteiger partial charge in [0.15, 0.2) is 0 Å². The SMILES string of the molecule is Cc1onc(-c2ccccc2)c1-c1nnc(CN2CCOC(Cn3cccn3)C2)o1. The van der Waals surface area contributed by atoms with Gasteiger partial charge in [-0.3, -0.25) is 9.58 Å². The van der Waals surface area contributed by atoms with Crippen LogP contribution in [0.5, 0.6) is 0 Å². The van der Waals surface area contributed by atoms with Crippen molar-refractivity contribution in [2.45, 2.75) is 26.1 Å². The van der Waals surface area contributed by atoms with Crippen molar-refractivity contribution in [1.82, 2.24) is 30.0 Å². The fourth-order valence-electron chi connectivity index (χ4n) is 3.68. The van der Waals surface area contributed by atoms with Crippen molar-refractivity contribution in [3.8, 4) is 22.7 Å². The number of benzene rings is 1. The van der Waals surface area contributed by atoms with E-state index in [-0.39, 0.29) is 6.10 Å². The summed E-state index contributed by atoms with van der Waals surface area (Å²) >= 11 is 0. The standard InChI is InChI=1S/C21H22N6O3/c1-15-19(20(25-30-15)16-6-3-2-4-7-16)21-24-23-18(29-21)14-26-10-11-28-17(12-26)13-27-9-5-8-22-27/h2-9,17H,10-14H2,1H3. The summed E-state index contributed by atoms with van der Waals surface area (Å²) in [6.07, 6.45) is 3.79. The summed E-state index contributed by atoms with van der Waals surface area (Å²) in [6.45, 7) is 5.39. The summed E-state index contributed by atoms with van der Waals surface area (Å²) in [6, 6.07) is 11.7. The average Bonchev–Trinajstić information content (AvgIpc) is 3.51. The van der Waals surface area contributed by atoms with Gasteiger partial charge in [0, 0.05) is 31.0 Å². The fraction of sp³-hybridized carbons (Fsp3) is 0.333. The molecular weight excluding hydrogens is 384 g/mol. The predicted octanol–water partition coefficient (Wildman–Crippen LogP) is 2.80. The molecule has 0 bridgehead atoms. The molecule has 1 aliphatic rings. The van der Waals surface area contributed by atoms with E-state index >= 15 is 0 Å². The summed E-state index contributed by atoms with van der Waals surface area (Å²) in [5, 5.41) is 17.0. The van der Waals surface area contributed by atoms with Gasteiger partial charge in [0.25, 0.3) is 5.89 Å². The molecule has 4 aromatic rings. The minimum Gasteiger partial charge on any atom is -0.419 e. The maximum absolute atomic E-state index is 5.99. The van der Waals surface area contributed by atoms with Crippen LogP contribution in [0.2, 0.25) is 0 Å². The monoisotopic (exact) mass is 406 g/mol. The number of ether oxygens (including phenoxy) is 1. The molecule has 0 aliphatic carbocycles. The summed E-state index contributed by atoms with van der Waals surface area (Å²) in [5.74, 6) is 1.63. The molecule has 0 radical (unpaired) electrons. The molecule has 0 amide bonds. The molecular formula is C21H22N6O3. The quantitative estimate of drug-likeness (QED) is 0.482. The first kappa shape index (κ1) is 18.7. The first-order chi connectivity index (χ1) is 14.8. The number of nitrogens with zero attached hydrogens (tertiary/aromatic N) is 6. The van der Waals surface area contributed by atoms with Gasteiger partial charge in [-0.05, 0) is 13.0 Å². The molecule has 1 aliphatic heterocycles. The normalized spacial score (nSPS) is 17.4. The van der Waals surface area contributed by atoms with Crippen LogP contribution in [0, 0.1) is 6.92 Å². The Kier molecular flexibility index (Phi) is 5.12. The van der Waals surface area contributed by atoms with E-state index in [2.05, 4.69) is 25.4 Å². The van der Waals surface area contributed by atoms with E-state index in [4.69, 9.17) is 13.7 Å². The topological polar surface area (TPSA) is 95.2 Å². The van der Waals surface area contributed by atoms with Gasteiger partial charge in [0.2, 0.25) is 5.89 Å². The van der Waals surface area contributed by atoms with Crippen molar-refractivity contribution in [3.63, 3.8) is 0 Å². The van der Waals surface area contributed by atoms with Gasteiger partial charge in [0.05, 0.1) is 25.8 Å². The van der Waals surface area contributed by atoms with Crippen molar-refractivity contribution >= 4 is 0 Å². The first-order valence-corrected chi connectivity index (χ1v) is 9.92. The third-order valence-electron chi connectivity index (χ3n) is 5.12. The van der Waals surface area contributed by atoms with Crippen molar-refractivity contribution in [3.05, 3.63) is 60.4 Å². The van der Waals surface area contributed by atoms with E-state index in [1.165, 1.54) is 0 Å². The van der Waals surface area contributed by atoms with Gasteiger partial charge in [-0.25, -0.2) is 0 Å². The number of rotatable bonds is 6. The zero-order valence-corrected chi connectivity index (χ0v) is 16.6. The number of aromatic nitrogens is 5. The molecule has 0 N–H and O–H groups in total. The molecule has 1 saturated heterocycles. The Bertz CT molecular complexity index is 1090. The highest BCUT2D eigenvalue weighted by Crippen LogP contribution is 2.33. The van der Waals surface area contributed by atoms with Crippen LogP contribution in [0.4, 0.5) is 0 Å². The molecule has 1 unspecified atom stereocenters. The molecule has 1 fully saturated rings. The van der Waals surface area contributed by atoms with Crippen LogP contribution >= 0.6 is 0 Å². The Morgan fingerprint density at radius 1 is 1.13 bits per heavy atom. The van der Waals surface area contributed by atoms with Crippen LogP contribution in [0.15, 0.2) is 57.7 Å². The number of morpholine rings is 1. The molecule has 0 spiro atoms. The molecule has 9 nitrogen and oxygen atoms in total. The summed E-state index contributed by atoms with van der Waals surface area (Å²) < 4.78 is 19.2. The minimum atomic E-state index is 0.0750. The summed E-state index contributed by atoms with van der Waals surface area (Å²) in [4.78, 5) is 2.26. The van der Waals surface area contributed by atoms with Crippen LogP contribution in [-0.2, 0) is 17.8 Å². The second kappa shape index (κ2) is 8.21. The maximum Gasteiger partial charge on any atom is 0.253 e. The van der Waals surface area contributed by atoms with E-state index in [9.17, 15) is 0 Å². The Labute approximate surface area is 173 Å². The molecule has 154 valence electrons. The lowest BCUT2D eigenvalue weighted by molar-refractivity contribution is -0.0422. The summed E-state index contributed by atoms with van der Waals surface area (Å²) in [7, 11) is 0. The smallest absolute Gasteiger partial charge is 0.253 e. The largest absolute Gasteiger partial charge is 0.419 e. The lowest BCUT2D eigenvalue weighted by Crippen LogP contribution is -2.43. The fourth-order valence-corrected chi connectivity index (χ4v) is 3.68. The van der Waals surface area contributed by atoms with Crippen LogP contribution in [-0.4, -0.2) is 55.8 Å². The first-order valence-electron chi connectivity index (χ1n) is 9.92. The van der Waals surface area contributed by atoms with Crippen molar-refractivity contribution < 1.29 is 13.7 Å². The van der Waals surface area contributed by atoms with Gasteiger partial charge in [0.1, 0.15) is 17.0 Å². The highest BCUT2D eigenvalue weighted by molar-refractivity contribution is 5.77. The zero-order valence-electron chi connectivity index (χ0n) is 16.6. The molecule has 4 heterocycles. The zero-order chi connectivity index (χ0) is 20.3. The van der Waals surface area contributed by atoms with Gasteiger partial charge in [-0.1, -0.05) is 35.5 Å². The Balaban J connectivity index is 1.30. The number of hydrogen-bond donors (Lipinski definition) is 0. The average molecular weight is 406 g/mol. The van der Waals surface area contributed by atoms with Crippen LogP contribution in [0.1, 0.15) is 11.7 Å². The molecule has 1 aromatic carbocycles. The van der Waals surface area contributed by atoms with Gasteiger partial charge < -0.3 is 13.7 Å². The lowest BCUT2D eigenvalue weighted by Gasteiger charge is -2.31. The number of hydrogen-bond acceptors (Lipinski definition) is 8. The van der Waals surface area contributed by atoms with E-state index in [0.717, 1.165) is 30.8 Å². The minimum absolute atomic E-state index is 0.0750. The van der Waals surface area contributed by atoms with E-state index in [1.54, 1.807) is 6.20 Å². The lowest BCUT2D eigenvalue weighted by atomic mass is 10.1. The van der Waals surface area contributed by atoms with Crippen LogP contribution in [0.25, 0.3) is 22.7 Å². The summed E-state index contributed by atoms with van der Waals surface area (Å²) in [5.41, 5.74) is 2.38. The molecule has 5 rings (SSSR count).